The van der Waals surface area contributed by atoms with E-state index in [1.165, 1.54) is 6.07 Å². The van der Waals surface area contributed by atoms with Gasteiger partial charge in [0.05, 0.1) is 25.3 Å². The number of nitrogen functional groups attached to an aromatic ring is 1. The number of hydrogen-bond acceptors (Lipinski definition) is 2. The smallest absolute Gasteiger partial charge is 0.205 e. The molecule has 0 amide bonds. The first-order chi connectivity index (χ1) is 9.47. The summed E-state index contributed by atoms with van der Waals surface area (Å²) in [4.78, 5) is 4.27. The highest BCUT2D eigenvalue weighted by molar-refractivity contribution is 14.1. The number of nitrogens with two attached hydrogens (primary N) is 1. The molecule has 0 aliphatic carbocycles. The van der Waals surface area contributed by atoms with Crippen LogP contribution in [-0.2, 0) is 0 Å². The lowest BCUT2D eigenvalue weighted by molar-refractivity contribution is 0.622. The van der Waals surface area contributed by atoms with Crippen LogP contribution < -0.4 is 5.73 Å². The van der Waals surface area contributed by atoms with Crippen molar-refractivity contribution in [2.45, 2.75) is 6.92 Å². The lowest BCUT2D eigenvalue weighted by Gasteiger charge is -2.09. The van der Waals surface area contributed by atoms with Crippen LogP contribution in [0.1, 0.15) is 5.56 Å². The van der Waals surface area contributed by atoms with E-state index >= 15 is 0 Å². The topological polar surface area (TPSA) is 43.8 Å². The van der Waals surface area contributed by atoms with E-state index in [0.29, 0.717) is 25.3 Å². The van der Waals surface area contributed by atoms with Crippen molar-refractivity contribution < 1.29 is 4.39 Å². The fraction of sp³-hybridized carbons (Fsp3) is 0.0714. The lowest BCUT2D eigenvalue weighted by atomic mass is 10.2. The standard InChI is InChI=1S/C14H10ClFIN3/c1-7-2-3-12(8(15)4-7)20-13-5-9(16)10(17)6-11(13)19-14(20)18/h2-6H,1H3,(H2,18,19). The van der Waals surface area contributed by atoms with Gasteiger partial charge >= 0.3 is 0 Å². The minimum atomic E-state index is -0.303. The molecule has 3 aromatic rings. The van der Waals surface area contributed by atoms with Crippen LogP contribution >= 0.6 is 34.2 Å². The minimum Gasteiger partial charge on any atom is -0.369 e. The van der Waals surface area contributed by atoms with Gasteiger partial charge in [0.15, 0.2) is 0 Å². The van der Waals surface area contributed by atoms with Crippen molar-refractivity contribution in [2.75, 3.05) is 5.73 Å². The second kappa shape index (κ2) is 4.89. The Morgan fingerprint density at radius 3 is 2.75 bits per heavy atom. The molecule has 0 spiro atoms. The molecule has 0 saturated heterocycles. The summed E-state index contributed by atoms with van der Waals surface area (Å²) >= 11 is 8.19. The molecule has 1 aromatic heterocycles. The van der Waals surface area contributed by atoms with Gasteiger partial charge < -0.3 is 5.73 Å². The van der Waals surface area contributed by atoms with Crippen LogP contribution in [0.3, 0.4) is 0 Å². The molecule has 20 heavy (non-hydrogen) atoms. The highest BCUT2D eigenvalue weighted by Gasteiger charge is 2.15. The molecule has 1 heterocycles. The number of anilines is 1. The van der Waals surface area contributed by atoms with Gasteiger partial charge in [-0.1, -0.05) is 17.7 Å². The van der Waals surface area contributed by atoms with E-state index in [9.17, 15) is 4.39 Å². The molecule has 6 heteroatoms. The summed E-state index contributed by atoms with van der Waals surface area (Å²) in [5, 5.41) is 0.551. The Morgan fingerprint density at radius 2 is 2.05 bits per heavy atom. The molecule has 2 aromatic carbocycles. The normalized spacial score (nSPS) is 11.2. The summed E-state index contributed by atoms with van der Waals surface area (Å²) in [6, 6.07) is 8.71. The maximum Gasteiger partial charge on any atom is 0.205 e. The molecule has 0 radical (unpaired) electrons. The first kappa shape index (κ1) is 13.6. The maximum absolute atomic E-state index is 13.8. The molecule has 0 bridgehead atoms. The van der Waals surface area contributed by atoms with E-state index in [-0.39, 0.29) is 11.8 Å². The van der Waals surface area contributed by atoms with Crippen LogP contribution in [0.15, 0.2) is 30.3 Å². The van der Waals surface area contributed by atoms with Crippen molar-refractivity contribution in [2.24, 2.45) is 0 Å². The second-order valence-electron chi connectivity index (χ2n) is 4.52. The van der Waals surface area contributed by atoms with Crippen LogP contribution in [0.25, 0.3) is 16.7 Å². The number of fused-ring (bicyclic) bond motifs is 1. The van der Waals surface area contributed by atoms with Crippen molar-refractivity contribution in [3.05, 3.63) is 50.3 Å². The Bertz CT molecular complexity index is 829. The van der Waals surface area contributed by atoms with Crippen LogP contribution in [0, 0.1) is 16.3 Å². The molecule has 0 atom stereocenters. The number of aryl methyl sites for hydroxylation is 1. The quantitative estimate of drug-likeness (QED) is 0.618. The van der Waals surface area contributed by atoms with Gasteiger partial charge in [-0.15, -0.1) is 0 Å². The van der Waals surface area contributed by atoms with Gasteiger partial charge in [0.2, 0.25) is 5.95 Å². The number of aromatic nitrogens is 2. The molecular weight excluding hydrogens is 392 g/mol. The predicted octanol–water partition coefficient (Wildman–Crippen LogP) is 4.31. The first-order valence-corrected chi connectivity index (χ1v) is 7.32. The number of halogens is 3. The molecule has 3 nitrogen and oxygen atoms in total. The fourth-order valence-corrected chi connectivity index (χ4v) is 2.91. The first-order valence-electron chi connectivity index (χ1n) is 5.87. The average Bonchev–Trinajstić information content (AvgIpc) is 2.66. The molecule has 3 rings (SSSR count). The zero-order chi connectivity index (χ0) is 14.4. The molecular formula is C14H10ClFIN3. The van der Waals surface area contributed by atoms with Gasteiger partial charge in [0.25, 0.3) is 0 Å². The van der Waals surface area contributed by atoms with Gasteiger partial charge in [-0.3, -0.25) is 4.57 Å². The summed E-state index contributed by atoms with van der Waals surface area (Å²) < 4.78 is 16.0. The molecule has 0 fully saturated rings. The van der Waals surface area contributed by atoms with E-state index in [4.69, 9.17) is 17.3 Å². The second-order valence-corrected chi connectivity index (χ2v) is 6.08. The Hall–Kier alpha value is -1.34. The third kappa shape index (κ3) is 2.14. The van der Waals surface area contributed by atoms with Crippen molar-refractivity contribution in [1.82, 2.24) is 9.55 Å². The highest BCUT2D eigenvalue weighted by atomic mass is 127. The third-order valence-electron chi connectivity index (χ3n) is 3.07. The average molecular weight is 402 g/mol. The summed E-state index contributed by atoms with van der Waals surface area (Å²) in [6.07, 6.45) is 0. The summed E-state index contributed by atoms with van der Waals surface area (Å²) in [5.74, 6) is -0.0189. The van der Waals surface area contributed by atoms with Gasteiger partial charge in [-0.25, -0.2) is 9.37 Å². The Labute approximate surface area is 133 Å². The van der Waals surface area contributed by atoms with E-state index in [1.54, 1.807) is 10.6 Å². The van der Waals surface area contributed by atoms with Gasteiger partial charge in [0, 0.05) is 6.07 Å². The number of rotatable bonds is 1. The summed E-state index contributed by atoms with van der Waals surface area (Å²) in [7, 11) is 0. The molecule has 0 aliphatic heterocycles. The van der Waals surface area contributed by atoms with Crippen LogP contribution in [-0.4, -0.2) is 9.55 Å². The Morgan fingerprint density at radius 1 is 1.30 bits per heavy atom. The number of benzene rings is 2. The van der Waals surface area contributed by atoms with E-state index in [2.05, 4.69) is 4.98 Å². The fourth-order valence-electron chi connectivity index (χ4n) is 2.14. The number of hydrogen-bond donors (Lipinski definition) is 1. The molecule has 102 valence electrons. The van der Waals surface area contributed by atoms with Crippen molar-refractivity contribution in [1.29, 1.82) is 0 Å². The minimum absolute atomic E-state index is 0.284. The van der Waals surface area contributed by atoms with Gasteiger partial charge in [0.1, 0.15) is 5.82 Å². The van der Waals surface area contributed by atoms with Gasteiger partial charge in [-0.05, 0) is 53.3 Å². The highest BCUT2D eigenvalue weighted by Crippen LogP contribution is 2.30. The zero-order valence-corrected chi connectivity index (χ0v) is 13.4. The summed E-state index contributed by atoms with van der Waals surface area (Å²) in [5.41, 5.74) is 8.94. The maximum atomic E-state index is 13.8. The van der Waals surface area contributed by atoms with E-state index < -0.39 is 0 Å². The van der Waals surface area contributed by atoms with Gasteiger partial charge in [-0.2, -0.15) is 0 Å². The largest absolute Gasteiger partial charge is 0.369 e. The molecule has 0 unspecified atom stereocenters. The summed E-state index contributed by atoms with van der Waals surface area (Å²) in [6.45, 7) is 1.95. The van der Waals surface area contributed by atoms with E-state index in [1.807, 2.05) is 47.7 Å². The number of imidazole rings is 1. The van der Waals surface area contributed by atoms with Crippen molar-refractivity contribution >= 4 is 51.2 Å². The number of nitrogens with zero attached hydrogens (tertiary/aromatic N) is 2. The van der Waals surface area contributed by atoms with Crippen LogP contribution in [0.5, 0.6) is 0 Å². The van der Waals surface area contributed by atoms with E-state index in [0.717, 1.165) is 5.56 Å². The Kier molecular flexibility index (Phi) is 3.33. The predicted molar refractivity (Wildman–Crippen MR) is 87.9 cm³/mol. The molecule has 0 aliphatic rings. The van der Waals surface area contributed by atoms with Crippen molar-refractivity contribution in [3.63, 3.8) is 0 Å². The third-order valence-corrected chi connectivity index (χ3v) is 4.20. The zero-order valence-electron chi connectivity index (χ0n) is 10.5. The molecule has 2 N–H and O–H groups in total. The van der Waals surface area contributed by atoms with Crippen LogP contribution in [0.4, 0.5) is 10.3 Å². The molecule has 0 saturated carbocycles. The van der Waals surface area contributed by atoms with Crippen molar-refractivity contribution in [3.8, 4) is 5.69 Å². The van der Waals surface area contributed by atoms with Crippen LogP contribution in [0.2, 0.25) is 5.02 Å². The SMILES string of the molecule is Cc1ccc(-n2c(N)nc3cc(I)c(F)cc32)c(Cl)c1. The Balaban J connectivity index is 2.35. The lowest BCUT2D eigenvalue weighted by Crippen LogP contribution is -2.01. The monoisotopic (exact) mass is 401 g/mol.